The van der Waals surface area contributed by atoms with Gasteiger partial charge in [-0.05, 0) is 55.2 Å². The maximum absolute atomic E-state index is 13.1. The van der Waals surface area contributed by atoms with Crippen LogP contribution in [0.3, 0.4) is 0 Å². The molecule has 2 N–H and O–H groups in total. The van der Waals surface area contributed by atoms with E-state index >= 15 is 0 Å². The van der Waals surface area contributed by atoms with Crippen LogP contribution in [0.15, 0.2) is 53.5 Å². The Balaban J connectivity index is 1.57. The van der Waals surface area contributed by atoms with Crippen molar-refractivity contribution in [2.24, 2.45) is 4.99 Å². The van der Waals surface area contributed by atoms with Crippen molar-refractivity contribution in [1.29, 1.82) is 0 Å². The lowest BCUT2D eigenvalue weighted by Gasteiger charge is -2.22. The van der Waals surface area contributed by atoms with Crippen molar-refractivity contribution in [3.05, 3.63) is 65.5 Å². The number of ether oxygens (including phenoxy) is 1. The van der Waals surface area contributed by atoms with Crippen LogP contribution in [0.25, 0.3) is 0 Å². The Hall–Kier alpha value is -3.09. The van der Waals surface area contributed by atoms with Crippen LogP contribution in [0.5, 0.6) is 5.75 Å². The number of rotatable bonds is 9. The van der Waals surface area contributed by atoms with Crippen LogP contribution >= 0.6 is 0 Å². The van der Waals surface area contributed by atoms with Crippen molar-refractivity contribution < 1.29 is 13.9 Å². The minimum absolute atomic E-state index is 0.0201. The summed E-state index contributed by atoms with van der Waals surface area (Å²) >= 11 is 0. The molecule has 0 unspecified atom stereocenters. The van der Waals surface area contributed by atoms with Crippen molar-refractivity contribution in [2.75, 3.05) is 20.2 Å². The molecule has 1 amide bonds. The molecule has 1 fully saturated rings. The molecular formula is C23H29FN4O2. The Bertz CT molecular complexity index is 866. The molecule has 0 heterocycles. The molecule has 0 spiro atoms. The summed E-state index contributed by atoms with van der Waals surface area (Å²) < 4.78 is 18.7. The maximum Gasteiger partial charge on any atom is 0.258 e. The van der Waals surface area contributed by atoms with Gasteiger partial charge in [0, 0.05) is 26.2 Å². The molecule has 2 aromatic carbocycles. The van der Waals surface area contributed by atoms with E-state index in [0.717, 1.165) is 36.5 Å². The van der Waals surface area contributed by atoms with Crippen LogP contribution in [0.2, 0.25) is 0 Å². The summed E-state index contributed by atoms with van der Waals surface area (Å²) in [7, 11) is 1.95. The Morgan fingerprint density at radius 2 is 1.97 bits per heavy atom. The number of carbonyl (C=O) groups excluding carboxylic acids is 1. The molecular weight excluding hydrogens is 383 g/mol. The maximum atomic E-state index is 13.1. The monoisotopic (exact) mass is 412 g/mol. The fourth-order valence-corrected chi connectivity index (χ4v) is 2.95. The number of hydrogen-bond acceptors (Lipinski definition) is 3. The van der Waals surface area contributed by atoms with Gasteiger partial charge in [0.1, 0.15) is 11.6 Å². The van der Waals surface area contributed by atoms with E-state index < -0.39 is 0 Å². The molecule has 0 aromatic heterocycles. The molecule has 0 aliphatic heterocycles. The fourth-order valence-electron chi connectivity index (χ4n) is 2.95. The van der Waals surface area contributed by atoms with Gasteiger partial charge in [-0.15, -0.1) is 0 Å². The Kier molecular flexibility index (Phi) is 7.65. The second-order valence-electron chi connectivity index (χ2n) is 7.43. The zero-order chi connectivity index (χ0) is 21.3. The van der Waals surface area contributed by atoms with Crippen LogP contribution in [0.4, 0.5) is 4.39 Å². The highest BCUT2D eigenvalue weighted by molar-refractivity contribution is 5.79. The normalized spacial score (nSPS) is 13.6. The molecule has 2 aromatic rings. The van der Waals surface area contributed by atoms with Crippen LogP contribution in [0, 0.1) is 5.82 Å². The fraction of sp³-hybridized carbons (Fsp3) is 0.391. The van der Waals surface area contributed by atoms with Crippen molar-refractivity contribution in [1.82, 2.24) is 15.5 Å². The molecule has 1 saturated carbocycles. The van der Waals surface area contributed by atoms with Gasteiger partial charge in [-0.2, -0.15) is 0 Å². The Morgan fingerprint density at radius 3 is 2.67 bits per heavy atom. The lowest BCUT2D eigenvalue weighted by Crippen LogP contribution is -2.38. The number of halogens is 1. The largest absolute Gasteiger partial charge is 0.484 e. The van der Waals surface area contributed by atoms with Gasteiger partial charge < -0.3 is 20.3 Å². The Morgan fingerprint density at radius 1 is 1.20 bits per heavy atom. The van der Waals surface area contributed by atoms with Gasteiger partial charge in [0.25, 0.3) is 5.91 Å². The highest BCUT2D eigenvalue weighted by Crippen LogP contribution is 2.19. The summed E-state index contributed by atoms with van der Waals surface area (Å²) in [6, 6.07) is 14.4. The summed E-state index contributed by atoms with van der Waals surface area (Å²) in [5.74, 6) is 1.09. The van der Waals surface area contributed by atoms with Gasteiger partial charge in [0.2, 0.25) is 0 Å². The number of carbonyl (C=O) groups is 1. The van der Waals surface area contributed by atoms with Crippen LogP contribution in [-0.2, 0) is 17.9 Å². The van der Waals surface area contributed by atoms with E-state index in [-0.39, 0.29) is 18.3 Å². The van der Waals surface area contributed by atoms with Crippen LogP contribution < -0.4 is 15.4 Å². The van der Waals surface area contributed by atoms with E-state index in [1.165, 1.54) is 12.1 Å². The number of guanidine groups is 1. The minimum atomic E-state index is -0.242. The molecule has 30 heavy (non-hydrogen) atoms. The first-order valence-electron chi connectivity index (χ1n) is 10.3. The summed E-state index contributed by atoms with van der Waals surface area (Å²) in [4.78, 5) is 18.5. The molecule has 3 rings (SSSR count). The second-order valence-corrected chi connectivity index (χ2v) is 7.43. The van der Waals surface area contributed by atoms with E-state index in [9.17, 15) is 9.18 Å². The van der Waals surface area contributed by atoms with Gasteiger partial charge in [-0.1, -0.05) is 24.3 Å². The summed E-state index contributed by atoms with van der Waals surface area (Å²) in [5.41, 5.74) is 1.99. The average Bonchev–Trinajstić information content (AvgIpc) is 3.55. The summed E-state index contributed by atoms with van der Waals surface area (Å²) in [5, 5.41) is 6.19. The van der Waals surface area contributed by atoms with E-state index in [1.54, 1.807) is 12.1 Å². The van der Waals surface area contributed by atoms with Gasteiger partial charge >= 0.3 is 0 Å². The molecule has 0 atom stereocenters. The third-order valence-electron chi connectivity index (χ3n) is 4.65. The predicted molar refractivity (Wildman–Crippen MR) is 116 cm³/mol. The van der Waals surface area contributed by atoms with E-state index in [4.69, 9.17) is 9.73 Å². The third kappa shape index (κ3) is 7.06. The quantitative estimate of drug-likeness (QED) is 0.491. The predicted octanol–water partition coefficient (Wildman–Crippen LogP) is 3.08. The smallest absolute Gasteiger partial charge is 0.258 e. The van der Waals surface area contributed by atoms with Crippen LogP contribution in [-0.4, -0.2) is 43.0 Å². The number of nitrogens with zero attached hydrogens (tertiary/aromatic N) is 2. The molecule has 1 aliphatic rings. The van der Waals surface area contributed by atoms with E-state index in [1.807, 2.05) is 43.1 Å². The average molecular weight is 413 g/mol. The highest BCUT2D eigenvalue weighted by Gasteiger charge is 2.23. The van der Waals surface area contributed by atoms with Gasteiger partial charge in [0.05, 0.1) is 6.54 Å². The molecule has 1 aliphatic carbocycles. The van der Waals surface area contributed by atoms with Gasteiger partial charge in [-0.25, -0.2) is 9.38 Å². The van der Waals surface area contributed by atoms with Gasteiger partial charge in [0.15, 0.2) is 12.6 Å². The zero-order valence-corrected chi connectivity index (χ0v) is 17.5. The first-order chi connectivity index (χ1) is 14.5. The number of hydrogen-bond donors (Lipinski definition) is 2. The summed E-state index contributed by atoms with van der Waals surface area (Å²) in [6.07, 6.45) is 2.12. The molecule has 6 nitrogen and oxygen atoms in total. The number of aliphatic imine (C=N–C) groups is 1. The highest BCUT2D eigenvalue weighted by atomic mass is 19.1. The Labute approximate surface area is 177 Å². The molecule has 160 valence electrons. The standard InChI is InChI=1S/C23H29FN4O2/c1-3-25-23(28(2)15-17-7-9-19(24)10-8-17)26-14-18-5-4-6-21(13-18)30-16-22(29)27-20-11-12-20/h4-10,13,20H,3,11-12,14-16H2,1-2H3,(H,25,26)(H,27,29). The van der Waals surface area contributed by atoms with Crippen LogP contribution in [0.1, 0.15) is 30.9 Å². The topological polar surface area (TPSA) is 66.0 Å². The van der Waals surface area contributed by atoms with Gasteiger partial charge in [-0.3, -0.25) is 4.79 Å². The lowest BCUT2D eigenvalue weighted by atomic mass is 10.2. The van der Waals surface area contributed by atoms with Crippen molar-refractivity contribution >= 4 is 11.9 Å². The summed E-state index contributed by atoms with van der Waals surface area (Å²) in [6.45, 7) is 3.87. The lowest BCUT2D eigenvalue weighted by molar-refractivity contribution is -0.123. The van der Waals surface area contributed by atoms with Crippen molar-refractivity contribution in [3.63, 3.8) is 0 Å². The molecule has 0 radical (unpaired) electrons. The first-order valence-corrected chi connectivity index (χ1v) is 10.3. The number of benzene rings is 2. The second kappa shape index (κ2) is 10.6. The SMILES string of the molecule is CCNC(=NCc1cccc(OCC(=O)NC2CC2)c1)N(C)Cc1ccc(F)cc1. The molecule has 7 heteroatoms. The molecule has 0 bridgehead atoms. The third-order valence-corrected chi connectivity index (χ3v) is 4.65. The molecule has 0 saturated heterocycles. The zero-order valence-electron chi connectivity index (χ0n) is 17.5. The van der Waals surface area contributed by atoms with E-state index in [0.29, 0.717) is 24.9 Å². The first kappa shape index (κ1) is 21.6. The van der Waals surface area contributed by atoms with Crippen molar-refractivity contribution in [2.45, 2.75) is 38.9 Å². The number of amides is 1. The van der Waals surface area contributed by atoms with E-state index in [2.05, 4.69) is 10.6 Å². The van der Waals surface area contributed by atoms with Crippen molar-refractivity contribution in [3.8, 4) is 5.75 Å². The number of nitrogens with one attached hydrogen (secondary N) is 2. The minimum Gasteiger partial charge on any atom is -0.484 e.